The molecular weight excluding hydrogens is 229 g/mol. The molecule has 0 N–H and O–H groups in total. The molecule has 1 atom stereocenters. The van der Waals surface area contributed by atoms with Crippen LogP contribution in [0.15, 0.2) is 24.3 Å². The highest BCUT2D eigenvalue weighted by atomic mass is 19.1. The summed E-state index contributed by atoms with van der Waals surface area (Å²) in [6, 6.07) is 6.20. The zero-order valence-electron chi connectivity index (χ0n) is 11.4. The van der Waals surface area contributed by atoms with Crippen molar-refractivity contribution in [3.8, 4) is 0 Å². The van der Waals surface area contributed by atoms with Crippen molar-refractivity contribution in [1.82, 2.24) is 4.90 Å². The molecule has 3 heteroatoms. The van der Waals surface area contributed by atoms with Gasteiger partial charge in [0, 0.05) is 12.5 Å². The number of hydrogen-bond acceptors (Lipinski definition) is 2. The molecule has 0 radical (unpaired) electrons. The SMILES string of the molecule is CCCN(CC)CC(C)C(=O)c1ccccc1F. The largest absolute Gasteiger partial charge is 0.303 e. The van der Waals surface area contributed by atoms with Gasteiger partial charge in [0.2, 0.25) is 0 Å². The van der Waals surface area contributed by atoms with Gasteiger partial charge in [0.05, 0.1) is 5.56 Å². The molecule has 100 valence electrons. The van der Waals surface area contributed by atoms with E-state index in [2.05, 4.69) is 18.7 Å². The standard InChI is InChI=1S/C15H22FNO/c1-4-10-17(5-2)11-12(3)15(18)13-8-6-7-9-14(13)16/h6-9,12H,4-5,10-11H2,1-3H3. The molecule has 0 bridgehead atoms. The third-order valence-corrected chi connectivity index (χ3v) is 3.11. The molecule has 1 unspecified atom stereocenters. The minimum atomic E-state index is -0.423. The van der Waals surface area contributed by atoms with Crippen molar-refractivity contribution in [3.05, 3.63) is 35.6 Å². The summed E-state index contributed by atoms with van der Waals surface area (Å²) in [7, 11) is 0. The molecule has 1 aromatic rings. The summed E-state index contributed by atoms with van der Waals surface area (Å²) in [6.45, 7) is 8.65. The van der Waals surface area contributed by atoms with Crippen LogP contribution in [-0.2, 0) is 0 Å². The molecule has 1 aromatic carbocycles. The van der Waals surface area contributed by atoms with Gasteiger partial charge in [-0.05, 0) is 31.6 Å². The van der Waals surface area contributed by atoms with Gasteiger partial charge in [-0.25, -0.2) is 4.39 Å². The van der Waals surface area contributed by atoms with Gasteiger partial charge >= 0.3 is 0 Å². The topological polar surface area (TPSA) is 20.3 Å². The van der Waals surface area contributed by atoms with Crippen LogP contribution in [0.5, 0.6) is 0 Å². The van der Waals surface area contributed by atoms with Gasteiger partial charge in [-0.2, -0.15) is 0 Å². The number of nitrogens with zero attached hydrogens (tertiary/aromatic N) is 1. The Balaban J connectivity index is 2.69. The van der Waals surface area contributed by atoms with E-state index in [1.54, 1.807) is 18.2 Å². The quantitative estimate of drug-likeness (QED) is 0.692. The number of ketones is 1. The fraction of sp³-hybridized carbons (Fsp3) is 0.533. The van der Waals surface area contributed by atoms with Crippen molar-refractivity contribution >= 4 is 5.78 Å². The maximum atomic E-state index is 13.5. The average Bonchev–Trinajstić information content (AvgIpc) is 2.37. The zero-order valence-corrected chi connectivity index (χ0v) is 11.4. The summed E-state index contributed by atoms with van der Waals surface area (Å²) in [4.78, 5) is 14.4. The highest BCUT2D eigenvalue weighted by molar-refractivity contribution is 5.98. The summed E-state index contributed by atoms with van der Waals surface area (Å²) in [6.07, 6.45) is 1.06. The Morgan fingerprint density at radius 3 is 2.56 bits per heavy atom. The smallest absolute Gasteiger partial charge is 0.169 e. The van der Waals surface area contributed by atoms with Crippen LogP contribution in [-0.4, -0.2) is 30.3 Å². The molecule has 0 saturated heterocycles. The van der Waals surface area contributed by atoms with Gasteiger partial charge in [0.25, 0.3) is 0 Å². The average molecular weight is 251 g/mol. The van der Waals surface area contributed by atoms with E-state index in [1.165, 1.54) is 6.07 Å². The maximum Gasteiger partial charge on any atom is 0.169 e. The van der Waals surface area contributed by atoms with Crippen LogP contribution >= 0.6 is 0 Å². The molecule has 0 spiro atoms. The molecule has 0 amide bonds. The van der Waals surface area contributed by atoms with E-state index >= 15 is 0 Å². The Kier molecular flexibility index (Phi) is 5.99. The van der Waals surface area contributed by atoms with Crippen LogP contribution in [0.25, 0.3) is 0 Å². The number of rotatable bonds is 7. The van der Waals surface area contributed by atoms with Crippen molar-refractivity contribution in [2.75, 3.05) is 19.6 Å². The van der Waals surface area contributed by atoms with Crippen LogP contribution in [0.1, 0.15) is 37.6 Å². The van der Waals surface area contributed by atoms with Gasteiger partial charge in [-0.1, -0.05) is 32.9 Å². The highest BCUT2D eigenvalue weighted by Gasteiger charge is 2.20. The summed E-state index contributed by atoms with van der Waals surface area (Å²) >= 11 is 0. The van der Waals surface area contributed by atoms with E-state index < -0.39 is 5.82 Å². The predicted octanol–water partition coefficient (Wildman–Crippen LogP) is 3.38. The summed E-state index contributed by atoms with van der Waals surface area (Å²) in [5.74, 6) is -0.705. The first-order valence-electron chi connectivity index (χ1n) is 6.61. The fourth-order valence-corrected chi connectivity index (χ4v) is 2.09. The Morgan fingerprint density at radius 2 is 2.00 bits per heavy atom. The number of hydrogen-bond donors (Lipinski definition) is 0. The van der Waals surface area contributed by atoms with Crippen molar-refractivity contribution < 1.29 is 9.18 Å². The van der Waals surface area contributed by atoms with Crippen LogP contribution in [0.2, 0.25) is 0 Å². The summed E-state index contributed by atoms with van der Waals surface area (Å²) < 4.78 is 13.5. The monoisotopic (exact) mass is 251 g/mol. The number of Topliss-reactive ketones (excluding diaryl/α,β-unsaturated/α-hetero) is 1. The lowest BCUT2D eigenvalue weighted by atomic mass is 9.98. The third-order valence-electron chi connectivity index (χ3n) is 3.11. The second kappa shape index (κ2) is 7.27. The van der Waals surface area contributed by atoms with E-state index in [-0.39, 0.29) is 17.3 Å². The van der Waals surface area contributed by atoms with Crippen LogP contribution in [0.3, 0.4) is 0 Å². The van der Waals surface area contributed by atoms with Crippen molar-refractivity contribution in [1.29, 1.82) is 0 Å². The zero-order chi connectivity index (χ0) is 13.5. The second-order valence-electron chi connectivity index (χ2n) is 4.64. The van der Waals surface area contributed by atoms with Crippen LogP contribution < -0.4 is 0 Å². The van der Waals surface area contributed by atoms with Gasteiger partial charge < -0.3 is 4.90 Å². The second-order valence-corrected chi connectivity index (χ2v) is 4.64. The first-order valence-corrected chi connectivity index (χ1v) is 6.61. The number of carbonyl (C=O) groups excluding carboxylic acids is 1. The Hall–Kier alpha value is -1.22. The van der Waals surface area contributed by atoms with E-state index in [4.69, 9.17) is 0 Å². The Morgan fingerprint density at radius 1 is 1.33 bits per heavy atom. The van der Waals surface area contributed by atoms with Crippen molar-refractivity contribution in [3.63, 3.8) is 0 Å². The molecule has 0 saturated carbocycles. The molecule has 0 aliphatic carbocycles. The molecular formula is C15H22FNO. The molecule has 0 aliphatic heterocycles. The maximum absolute atomic E-state index is 13.5. The molecule has 0 aromatic heterocycles. The molecule has 18 heavy (non-hydrogen) atoms. The van der Waals surface area contributed by atoms with E-state index in [1.807, 2.05) is 6.92 Å². The van der Waals surface area contributed by atoms with Gasteiger partial charge in [-0.3, -0.25) is 4.79 Å². The molecule has 0 fully saturated rings. The normalized spacial score (nSPS) is 12.7. The lowest BCUT2D eigenvalue weighted by molar-refractivity contribution is 0.0892. The van der Waals surface area contributed by atoms with E-state index in [0.717, 1.165) is 19.5 Å². The third kappa shape index (κ3) is 3.91. The van der Waals surface area contributed by atoms with E-state index in [9.17, 15) is 9.18 Å². The molecule has 2 nitrogen and oxygen atoms in total. The lowest BCUT2D eigenvalue weighted by Gasteiger charge is -2.23. The molecule has 0 aliphatic rings. The van der Waals surface area contributed by atoms with Crippen LogP contribution in [0, 0.1) is 11.7 Å². The molecule has 0 heterocycles. The molecule has 1 rings (SSSR count). The minimum Gasteiger partial charge on any atom is -0.303 e. The van der Waals surface area contributed by atoms with Gasteiger partial charge in [0.1, 0.15) is 5.82 Å². The Labute approximate surface area is 109 Å². The lowest BCUT2D eigenvalue weighted by Crippen LogP contribution is -2.32. The van der Waals surface area contributed by atoms with E-state index in [0.29, 0.717) is 6.54 Å². The van der Waals surface area contributed by atoms with Gasteiger partial charge in [0.15, 0.2) is 5.78 Å². The van der Waals surface area contributed by atoms with Crippen molar-refractivity contribution in [2.24, 2.45) is 5.92 Å². The van der Waals surface area contributed by atoms with Crippen LogP contribution in [0.4, 0.5) is 4.39 Å². The predicted molar refractivity (Wildman–Crippen MR) is 72.3 cm³/mol. The number of halogens is 1. The first-order chi connectivity index (χ1) is 8.60. The van der Waals surface area contributed by atoms with Crippen molar-refractivity contribution in [2.45, 2.75) is 27.2 Å². The fourth-order valence-electron chi connectivity index (χ4n) is 2.09. The summed E-state index contributed by atoms with van der Waals surface area (Å²) in [5, 5.41) is 0. The number of benzene rings is 1. The minimum absolute atomic E-state index is 0.109. The number of carbonyl (C=O) groups is 1. The highest BCUT2D eigenvalue weighted by Crippen LogP contribution is 2.14. The summed E-state index contributed by atoms with van der Waals surface area (Å²) in [5.41, 5.74) is 0.206. The van der Waals surface area contributed by atoms with Gasteiger partial charge in [-0.15, -0.1) is 0 Å². The Bertz CT molecular complexity index is 392. The first kappa shape index (κ1) is 14.8.